The van der Waals surface area contributed by atoms with Crippen LogP contribution in [0.3, 0.4) is 0 Å². The smallest absolute Gasteiger partial charge is 0.258 e. The molecule has 0 saturated heterocycles. The van der Waals surface area contributed by atoms with Crippen LogP contribution in [-0.4, -0.2) is 17.1 Å². The number of benzene rings is 1. The Hall–Kier alpha value is -1.55. The molecular weight excluding hydrogens is 206 g/mol. The minimum Gasteiger partial charge on any atom is -0.480 e. The van der Waals surface area contributed by atoms with Crippen LogP contribution in [0.4, 0.5) is 0 Å². The van der Waals surface area contributed by atoms with E-state index in [0.717, 1.165) is 0 Å². The second-order valence-corrected chi connectivity index (χ2v) is 3.63. The maximum atomic E-state index is 11.1. The summed E-state index contributed by atoms with van der Waals surface area (Å²) < 4.78 is 5.48. The number of aliphatic hydroxyl groups is 1. The summed E-state index contributed by atoms with van der Waals surface area (Å²) in [5.74, 6) is 0.00560. The molecule has 1 aromatic carbocycles. The molecule has 0 aliphatic carbocycles. The van der Waals surface area contributed by atoms with Crippen molar-refractivity contribution in [3.63, 3.8) is 0 Å². The van der Waals surface area contributed by atoms with Crippen LogP contribution in [0.1, 0.15) is 31.9 Å². The molecule has 88 valence electrons. The van der Waals surface area contributed by atoms with Gasteiger partial charge in [-0.15, -0.1) is 0 Å². The number of rotatable bonds is 5. The molecule has 16 heavy (non-hydrogen) atoms. The molecule has 4 nitrogen and oxygen atoms in total. The number of aliphatic hydroxyl groups excluding tert-OH is 1. The number of amides is 1. The highest BCUT2D eigenvalue weighted by atomic mass is 16.5. The highest BCUT2D eigenvalue weighted by Crippen LogP contribution is 2.25. The van der Waals surface area contributed by atoms with E-state index in [4.69, 9.17) is 10.5 Å². The van der Waals surface area contributed by atoms with Crippen LogP contribution in [0.5, 0.6) is 5.75 Å². The summed E-state index contributed by atoms with van der Waals surface area (Å²) in [4.78, 5) is 11.1. The molecular formula is C12H17NO3. The Kier molecular flexibility index (Phi) is 4.31. The average molecular weight is 223 g/mol. The van der Waals surface area contributed by atoms with Gasteiger partial charge in [-0.1, -0.05) is 25.1 Å². The van der Waals surface area contributed by atoms with Crippen LogP contribution in [-0.2, 0) is 4.79 Å². The molecule has 1 amide bonds. The number of ether oxygens (including phenoxy) is 1. The van der Waals surface area contributed by atoms with Gasteiger partial charge in [-0.25, -0.2) is 0 Å². The Bertz CT molecular complexity index is 363. The number of carbonyl (C=O) groups is 1. The van der Waals surface area contributed by atoms with E-state index >= 15 is 0 Å². The van der Waals surface area contributed by atoms with E-state index in [1.165, 1.54) is 0 Å². The Morgan fingerprint density at radius 1 is 1.50 bits per heavy atom. The molecule has 0 aliphatic rings. The van der Waals surface area contributed by atoms with Gasteiger partial charge in [0.2, 0.25) is 0 Å². The van der Waals surface area contributed by atoms with E-state index in [0.29, 0.717) is 17.7 Å². The van der Waals surface area contributed by atoms with E-state index in [9.17, 15) is 9.90 Å². The number of nitrogens with two attached hydrogens (primary N) is 1. The number of hydrogen-bond acceptors (Lipinski definition) is 3. The molecule has 1 rings (SSSR count). The number of hydrogen-bond donors (Lipinski definition) is 2. The summed E-state index contributed by atoms with van der Waals surface area (Å²) in [6.45, 7) is 3.47. The molecule has 0 saturated carbocycles. The molecule has 0 spiro atoms. The summed E-state index contributed by atoms with van der Waals surface area (Å²) >= 11 is 0. The van der Waals surface area contributed by atoms with Crippen LogP contribution in [0.25, 0.3) is 0 Å². The first-order valence-corrected chi connectivity index (χ1v) is 5.29. The Morgan fingerprint density at radius 3 is 2.62 bits per heavy atom. The zero-order valence-corrected chi connectivity index (χ0v) is 9.51. The molecule has 0 radical (unpaired) electrons. The van der Waals surface area contributed by atoms with Gasteiger partial charge in [0.05, 0.1) is 6.10 Å². The lowest BCUT2D eigenvalue weighted by molar-refractivity contribution is -0.124. The average Bonchev–Trinajstić information content (AvgIpc) is 2.25. The molecule has 2 atom stereocenters. The summed E-state index contributed by atoms with van der Waals surface area (Å²) in [6, 6.07) is 7.07. The molecule has 0 aromatic heterocycles. The molecule has 1 aromatic rings. The topological polar surface area (TPSA) is 72.6 Å². The van der Waals surface area contributed by atoms with Crippen molar-refractivity contribution in [1.82, 2.24) is 0 Å². The van der Waals surface area contributed by atoms with Crippen molar-refractivity contribution in [2.45, 2.75) is 32.5 Å². The van der Waals surface area contributed by atoms with E-state index in [1.807, 2.05) is 6.92 Å². The Labute approximate surface area is 95.0 Å². The van der Waals surface area contributed by atoms with E-state index in [-0.39, 0.29) is 0 Å². The van der Waals surface area contributed by atoms with Crippen molar-refractivity contribution >= 4 is 5.91 Å². The van der Waals surface area contributed by atoms with Crippen molar-refractivity contribution in [1.29, 1.82) is 0 Å². The predicted molar refractivity (Wildman–Crippen MR) is 61.0 cm³/mol. The summed E-state index contributed by atoms with van der Waals surface area (Å²) in [5, 5.41) is 9.53. The zero-order valence-electron chi connectivity index (χ0n) is 9.51. The first-order valence-electron chi connectivity index (χ1n) is 5.29. The minimum absolute atomic E-state index is 0.497. The normalized spacial score (nSPS) is 14.2. The van der Waals surface area contributed by atoms with Crippen LogP contribution >= 0.6 is 0 Å². The first-order chi connectivity index (χ1) is 7.56. The van der Waals surface area contributed by atoms with Crippen LogP contribution in [0, 0.1) is 0 Å². The molecule has 1 unspecified atom stereocenters. The second-order valence-electron chi connectivity index (χ2n) is 3.63. The molecule has 0 heterocycles. The Balaban J connectivity index is 2.91. The SMILES string of the molecule is CCC(Oc1ccccc1[C@H](C)O)C(N)=O. The molecule has 0 fully saturated rings. The maximum absolute atomic E-state index is 11.1. The van der Waals surface area contributed by atoms with Crippen LogP contribution < -0.4 is 10.5 Å². The fraction of sp³-hybridized carbons (Fsp3) is 0.417. The summed E-state index contributed by atoms with van der Waals surface area (Å²) in [7, 11) is 0. The van der Waals surface area contributed by atoms with Gasteiger partial charge in [-0.05, 0) is 19.4 Å². The third kappa shape index (κ3) is 2.97. The van der Waals surface area contributed by atoms with E-state index in [1.54, 1.807) is 31.2 Å². The highest BCUT2D eigenvalue weighted by molar-refractivity contribution is 5.79. The van der Waals surface area contributed by atoms with Gasteiger partial charge in [-0.3, -0.25) is 4.79 Å². The third-order valence-electron chi connectivity index (χ3n) is 2.33. The lowest BCUT2D eigenvalue weighted by Gasteiger charge is -2.18. The summed E-state index contributed by atoms with van der Waals surface area (Å²) in [6.07, 6.45) is -0.787. The number of primary amides is 1. The van der Waals surface area contributed by atoms with Gasteiger partial charge in [0.25, 0.3) is 5.91 Å². The standard InChI is InChI=1S/C12H17NO3/c1-3-10(12(13)15)16-11-7-5-4-6-9(11)8(2)14/h4-8,10,14H,3H2,1-2H3,(H2,13,15)/t8-,10?/m0/s1. The van der Waals surface area contributed by atoms with Crippen molar-refractivity contribution in [2.75, 3.05) is 0 Å². The molecule has 4 heteroatoms. The maximum Gasteiger partial charge on any atom is 0.258 e. The molecule has 0 aliphatic heterocycles. The zero-order chi connectivity index (χ0) is 12.1. The van der Waals surface area contributed by atoms with Crippen LogP contribution in [0.2, 0.25) is 0 Å². The molecule has 3 N–H and O–H groups in total. The first kappa shape index (κ1) is 12.5. The van der Waals surface area contributed by atoms with Crippen molar-refractivity contribution in [3.05, 3.63) is 29.8 Å². The molecule has 0 bridgehead atoms. The van der Waals surface area contributed by atoms with Crippen molar-refractivity contribution in [3.8, 4) is 5.75 Å². The Morgan fingerprint density at radius 2 is 2.12 bits per heavy atom. The lowest BCUT2D eigenvalue weighted by atomic mass is 10.1. The van der Waals surface area contributed by atoms with Crippen molar-refractivity contribution in [2.24, 2.45) is 5.73 Å². The van der Waals surface area contributed by atoms with Gasteiger partial charge in [0, 0.05) is 5.56 Å². The van der Waals surface area contributed by atoms with Crippen LogP contribution in [0.15, 0.2) is 24.3 Å². The second kappa shape index (κ2) is 5.51. The van der Waals surface area contributed by atoms with Gasteiger partial charge < -0.3 is 15.6 Å². The van der Waals surface area contributed by atoms with E-state index < -0.39 is 18.1 Å². The predicted octanol–water partition coefficient (Wildman–Crippen LogP) is 1.38. The summed E-state index contributed by atoms with van der Waals surface area (Å²) in [5.41, 5.74) is 5.85. The van der Waals surface area contributed by atoms with Gasteiger partial charge in [0.1, 0.15) is 5.75 Å². The largest absolute Gasteiger partial charge is 0.480 e. The van der Waals surface area contributed by atoms with Gasteiger partial charge in [-0.2, -0.15) is 0 Å². The van der Waals surface area contributed by atoms with Gasteiger partial charge >= 0.3 is 0 Å². The third-order valence-corrected chi connectivity index (χ3v) is 2.33. The van der Waals surface area contributed by atoms with Gasteiger partial charge in [0.15, 0.2) is 6.10 Å². The van der Waals surface area contributed by atoms with Crippen molar-refractivity contribution < 1.29 is 14.6 Å². The minimum atomic E-state index is -0.653. The fourth-order valence-electron chi connectivity index (χ4n) is 1.43. The quantitative estimate of drug-likeness (QED) is 0.792. The van der Waals surface area contributed by atoms with E-state index in [2.05, 4.69) is 0 Å². The lowest BCUT2D eigenvalue weighted by Crippen LogP contribution is -2.33. The number of carbonyl (C=O) groups excluding carboxylic acids is 1. The highest BCUT2D eigenvalue weighted by Gasteiger charge is 2.17. The monoisotopic (exact) mass is 223 g/mol. The number of para-hydroxylation sites is 1. The fourth-order valence-corrected chi connectivity index (χ4v) is 1.43.